The summed E-state index contributed by atoms with van der Waals surface area (Å²) in [6.45, 7) is 15.3. The zero-order chi connectivity index (χ0) is 49.5. The summed E-state index contributed by atoms with van der Waals surface area (Å²) in [5, 5.41) is 0. The molecule has 0 amide bonds. The van der Waals surface area contributed by atoms with Crippen molar-refractivity contribution in [3.8, 4) is 46.0 Å². The van der Waals surface area contributed by atoms with Crippen molar-refractivity contribution in [3.05, 3.63) is 114 Å². The molecule has 0 aromatic heterocycles. The Labute approximate surface area is 426 Å². The summed E-state index contributed by atoms with van der Waals surface area (Å²) in [5.41, 5.74) is 9.06. The second-order valence-corrected chi connectivity index (χ2v) is 32.5. The normalized spacial score (nSPS) is 14.6. The van der Waals surface area contributed by atoms with Crippen molar-refractivity contribution in [3.63, 3.8) is 0 Å². The number of halogens is 1. The Morgan fingerprint density at radius 2 is 0.897 bits per heavy atom. The molecule has 0 bridgehead atoms. The van der Waals surface area contributed by atoms with Gasteiger partial charge in [-0.15, -0.1) is 0 Å². The number of hydrogen-bond acceptors (Lipinski definition) is 8. The van der Waals surface area contributed by atoms with E-state index in [1.54, 1.807) is 42.7 Å². The minimum Gasteiger partial charge on any atom is -0.493 e. The summed E-state index contributed by atoms with van der Waals surface area (Å²) < 4.78 is 55.0. The van der Waals surface area contributed by atoms with Crippen LogP contribution in [-0.4, -0.2) is 72.2 Å². The number of benzene rings is 4. The van der Waals surface area contributed by atoms with Gasteiger partial charge in [0.25, 0.3) is 0 Å². The number of ether oxygens (including phenoxy) is 8. The smallest absolute Gasteiger partial charge is 0.203 e. The first-order chi connectivity index (χ1) is 32.6. The van der Waals surface area contributed by atoms with Gasteiger partial charge in [-0.1, -0.05) is 34.7 Å². The van der Waals surface area contributed by atoms with Gasteiger partial charge in [-0.05, 0) is 71.4 Å². The molecule has 68 heavy (non-hydrogen) atoms. The van der Waals surface area contributed by atoms with Crippen LogP contribution in [0.3, 0.4) is 0 Å². The van der Waals surface area contributed by atoms with Crippen molar-refractivity contribution in [1.82, 2.24) is 0 Å². The molecule has 2 heterocycles. The summed E-state index contributed by atoms with van der Waals surface area (Å²) in [6, 6.07) is 21.3. The van der Waals surface area contributed by atoms with E-state index in [1.807, 2.05) is 18.2 Å². The van der Waals surface area contributed by atoms with E-state index in [0.717, 1.165) is 46.6 Å². The molecule has 8 nitrogen and oxygen atoms in total. The fourth-order valence-electron chi connectivity index (χ4n) is 9.06. The monoisotopic (exact) mass is 1150 g/mol. The molecule has 0 atom stereocenters. The van der Waals surface area contributed by atoms with Crippen molar-refractivity contribution in [2.24, 2.45) is 0 Å². The molecule has 2 aliphatic heterocycles. The topological polar surface area (TPSA) is 73.8 Å². The van der Waals surface area contributed by atoms with Gasteiger partial charge in [0.2, 0.25) is 5.75 Å². The maximum Gasteiger partial charge on any atom is 0.203 e. The number of hydrogen-bond donors (Lipinski definition) is 0. The van der Waals surface area contributed by atoms with Gasteiger partial charge >= 0.3 is 249 Å². The molecule has 0 saturated carbocycles. The molecular weight excluding hydrogens is 1070 g/mol. The van der Waals surface area contributed by atoms with E-state index in [2.05, 4.69) is 146 Å². The SMILES string of the molecule is CCC[CH2][Sn](/[CH]=C(/Cc1cc(OC)c(OC)c(OC)c1)c1ccc2c(c1)C=CC(C)(C)O2)([CH2]CCC)[CH2]CCC.COc1cc(C/C(=C/I)c2ccc3c(c2)C=CC(C)(C)O3)cc(OC)c1OC. The van der Waals surface area contributed by atoms with E-state index in [1.165, 1.54) is 74.1 Å². The predicted molar refractivity (Wildman–Crippen MR) is 295 cm³/mol. The van der Waals surface area contributed by atoms with Crippen molar-refractivity contribution < 1.29 is 37.9 Å². The van der Waals surface area contributed by atoms with Gasteiger partial charge in [-0.25, -0.2) is 0 Å². The van der Waals surface area contributed by atoms with Crippen LogP contribution in [0.4, 0.5) is 0 Å². The molecule has 0 spiro atoms. The van der Waals surface area contributed by atoms with Gasteiger partial charge < -0.3 is 18.9 Å². The van der Waals surface area contributed by atoms with E-state index < -0.39 is 18.4 Å². The Morgan fingerprint density at radius 3 is 1.24 bits per heavy atom. The number of fused-ring (bicyclic) bond motifs is 2. The molecule has 0 saturated heterocycles. The molecule has 2 aliphatic rings. The van der Waals surface area contributed by atoms with Crippen LogP contribution in [0.25, 0.3) is 23.3 Å². The van der Waals surface area contributed by atoms with Crippen molar-refractivity contribution in [1.29, 1.82) is 0 Å². The molecule has 368 valence electrons. The zero-order valence-corrected chi connectivity index (χ0v) is 48.2. The largest absolute Gasteiger partial charge is 0.493 e. The van der Waals surface area contributed by atoms with E-state index >= 15 is 0 Å². The average Bonchev–Trinajstić information content (AvgIpc) is 3.34. The molecular formula is C58H77IO8Sn. The fraction of sp³-hybridized carbons (Fsp3) is 0.448. The quantitative estimate of drug-likeness (QED) is 0.0569. The minimum atomic E-state index is -2.63. The number of rotatable bonds is 22. The van der Waals surface area contributed by atoms with Gasteiger partial charge in [-0.2, -0.15) is 0 Å². The van der Waals surface area contributed by atoms with Crippen molar-refractivity contribution in [2.75, 3.05) is 42.7 Å². The van der Waals surface area contributed by atoms with Crippen LogP contribution < -0.4 is 37.9 Å². The first-order valence-corrected chi connectivity index (χ1v) is 33.2. The maximum absolute atomic E-state index is 6.28. The average molecular weight is 1150 g/mol. The Morgan fingerprint density at radius 1 is 0.529 bits per heavy atom. The predicted octanol–water partition coefficient (Wildman–Crippen LogP) is 15.8. The number of allylic oxidation sites excluding steroid dienone is 2. The molecule has 4 aromatic carbocycles. The molecule has 0 unspecified atom stereocenters. The second kappa shape index (κ2) is 25.6. The fourth-order valence-corrected chi connectivity index (χ4v) is 25.0. The van der Waals surface area contributed by atoms with Crippen LogP contribution in [0, 0.1) is 0 Å². The Balaban J connectivity index is 0.000000270. The molecule has 0 radical (unpaired) electrons. The standard InChI is InChI=1S/C23H25IO4.C23H25O4.3C4H9.Sn/c1-23(2)9-8-17-13-16(6-7-19(17)28-23)18(14-24)10-15-11-20(25-3)22(27-5)21(12-15)26-4;1-15(11-16-12-20(24-4)22(26-6)21(13-16)25-5)17-7-8-19-18(14-17)9-10-23(2,3)27-19;3*1-3-4-2;/h6-9,11-14H,10H2,1-5H3;1,7-10,12-14H,11H2,2-6H3;3*1,3-4H2,2H3;/b18-14-;;;;;. The van der Waals surface area contributed by atoms with Gasteiger partial charge in [-0.3, -0.25) is 0 Å². The van der Waals surface area contributed by atoms with Gasteiger partial charge in [0.05, 0.1) is 21.3 Å². The molecule has 0 N–H and O–H groups in total. The first kappa shape index (κ1) is 54.7. The Hall–Kier alpha value is -4.23. The molecule has 0 aliphatic carbocycles. The van der Waals surface area contributed by atoms with Crippen LogP contribution >= 0.6 is 22.6 Å². The van der Waals surface area contributed by atoms with Crippen molar-refractivity contribution >= 4 is 64.3 Å². The van der Waals surface area contributed by atoms with Gasteiger partial charge in [0.1, 0.15) is 11.4 Å². The van der Waals surface area contributed by atoms with Crippen molar-refractivity contribution in [2.45, 2.75) is 124 Å². The third-order valence-electron chi connectivity index (χ3n) is 12.8. The first-order valence-electron chi connectivity index (χ1n) is 24.3. The van der Waals surface area contributed by atoms with E-state index in [9.17, 15) is 0 Å². The van der Waals surface area contributed by atoms with E-state index in [4.69, 9.17) is 37.9 Å². The summed E-state index contributed by atoms with van der Waals surface area (Å²) in [5.74, 6) is 5.85. The van der Waals surface area contributed by atoms with E-state index in [0.29, 0.717) is 34.5 Å². The molecule has 0 fully saturated rings. The Bertz CT molecular complexity index is 2360. The van der Waals surface area contributed by atoms with Crippen LogP contribution in [-0.2, 0) is 12.8 Å². The van der Waals surface area contributed by atoms with Crippen LogP contribution in [0.15, 0.2) is 81.0 Å². The second-order valence-electron chi connectivity index (χ2n) is 19.0. The van der Waals surface area contributed by atoms with Crippen LogP contribution in [0.1, 0.15) is 120 Å². The van der Waals surface area contributed by atoms with Gasteiger partial charge in [0, 0.05) is 5.56 Å². The van der Waals surface area contributed by atoms with Crippen LogP contribution in [0.2, 0.25) is 13.3 Å². The third-order valence-corrected chi connectivity index (χ3v) is 27.8. The minimum absolute atomic E-state index is 0.271. The number of unbranched alkanes of at least 4 members (excludes halogenated alkanes) is 3. The molecule has 6 rings (SSSR count). The maximum atomic E-state index is 6.28. The molecule has 4 aromatic rings. The summed E-state index contributed by atoms with van der Waals surface area (Å²) in [4.78, 5) is 0. The summed E-state index contributed by atoms with van der Waals surface area (Å²) >= 11 is -0.336. The summed E-state index contributed by atoms with van der Waals surface area (Å²) in [7, 11) is 9.92. The zero-order valence-electron chi connectivity index (χ0n) is 43.2. The summed E-state index contributed by atoms with van der Waals surface area (Å²) in [6.07, 6.45) is 18.0. The molecule has 10 heteroatoms. The Kier molecular flexibility index (Phi) is 20.6. The number of methoxy groups -OCH3 is 6. The van der Waals surface area contributed by atoms with Gasteiger partial charge in [0.15, 0.2) is 11.5 Å². The van der Waals surface area contributed by atoms with E-state index in [-0.39, 0.29) is 11.2 Å². The van der Waals surface area contributed by atoms with Crippen LogP contribution in [0.5, 0.6) is 46.0 Å². The third kappa shape index (κ3) is 14.4.